The number of amides is 4. The van der Waals surface area contributed by atoms with Gasteiger partial charge in [-0.3, -0.25) is 29.8 Å². The molecular weight excluding hydrogens is 598 g/mol. The largest absolute Gasteiger partial charge is 0.444 e. The number of nitro groups is 1. The van der Waals surface area contributed by atoms with E-state index in [-0.39, 0.29) is 24.9 Å². The molecule has 3 aromatic rings. The number of ether oxygens (including phenoxy) is 1. The van der Waals surface area contributed by atoms with Gasteiger partial charge in [0.25, 0.3) is 5.69 Å². The first-order valence-corrected chi connectivity index (χ1v) is 14.5. The zero-order valence-corrected chi connectivity index (χ0v) is 25.8. The van der Waals surface area contributed by atoms with E-state index in [0.717, 1.165) is 5.56 Å². The molecule has 3 rings (SSSR count). The van der Waals surface area contributed by atoms with Crippen molar-refractivity contribution < 1.29 is 33.9 Å². The number of nitrogens with two attached hydrogens (primary N) is 1. The van der Waals surface area contributed by atoms with E-state index < -0.39 is 65.0 Å². The number of carbonyl (C=O) groups is 4. The maximum atomic E-state index is 13.5. The van der Waals surface area contributed by atoms with E-state index in [1.54, 1.807) is 51.1 Å². The Labute approximate surface area is 265 Å². The maximum absolute atomic E-state index is 13.5. The lowest BCUT2D eigenvalue weighted by Crippen LogP contribution is -2.56. The van der Waals surface area contributed by atoms with Gasteiger partial charge in [-0.25, -0.2) is 9.78 Å². The smallest absolute Gasteiger partial charge is 0.408 e. The summed E-state index contributed by atoms with van der Waals surface area (Å²) in [6, 6.07) is 11.2. The number of non-ortho nitro benzene ring substituents is 1. The fourth-order valence-electron chi connectivity index (χ4n) is 4.39. The SMILES string of the molecule is CC(C)(C)OC(=O)N[C@@H](Cc1ccccc1)C(=O)N[C@@H](Cc1cnc[nH]1)C(=O)NC(=O)C[C@H](O)[C@@H](N)Cc1ccc([N+](=O)[O-])cc1. The Hall–Kier alpha value is -5.15. The minimum absolute atomic E-state index is 0.0719. The quantitative estimate of drug-likeness (QED) is 0.110. The summed E-state index contributed by atoms with van der Waals surface area (Å²) >= 11 is 0. The lowest BCUT2D eigenvalue weighted by Gasteiger charge is -2.25. The van der Waals surface area contributed by atoms with Gasteiger partial charge in [0.1, 0.15) is 17.7 Å². The van der Waals surface area contributed by atoms with E-state index in [2.05, 4.69) is 25.9 Å². The highest BCUT2D eigenvalue weighted by atomic mass is 16.6. The van der Waals surface area contributed by atoms with Crippen LogP contribution in [0, 0.1) is 10.1 Å². The van der Waals surface area contributed by atoms with Gasteiger partial charge in [-0.15, -0.1) is 0 Å². The van der Waals surface area contributed by atoms with Gasteiger partial charge in [-0.2, -0.15) is 0 Å². The zero-order valence-electron chi connectivity index (χ0n) is 25.8. The van der Waals surface area contributed by atoms with Crippen molar-refractivity contribution in [2.24, 2.45) is 5.73 Å². The van der Waals surface area contributed by atoms with Crippen molar-refractivity contribution in [3.8, 4) is 0 Å². The van der Waals surface area contributed by atoms with E-state index in [4.69, 9.17) is 10.5 Å². The van der Waals surface area contributed by atoms with Crippen LogP contribution in [0.4, 0.5) is 10.5 Å². The molecule has 46 heavy (non-hydrogen) atoms. The molecule has 1 aromatic heterocycles. The third kappa shape index (κ3) is 11.7. The Kier molecular flexibility index (Phi) is 12.5. The normalized spacial score (nSPS) is 13.8. The predicted octanol–water partition coefficient (Wildman–Crippen LogP) is 1.45. The zero-order chi connectivity index (χ0) is 33.9. The highest BCUT2D eigenvalue weighted by Crippen LogP contribution is 2.14. The van der Waals surface area contributed by atoms with Crippen LogP contribution >= 0.6 is 0 Å². The van der Waals surface area contributed by atoms with Gasteiger partial charge in [-0.05, 0) is 38.3 Å². The van der Waals surface area contributed by atoms with E-state index >= 15 is 0 Å². The molecule has 0 saturated heterocycles. The molecule has 2 aromatic carbocycles. The lowest BCUT2D eigenvalue weighted by molar-refractivity contribution is -0.384. The number of aromatic nitrogens is 2. The number of aliphatic hydroxyl groups excluding tert-OH is 1. The predicted molar refractivity (Wildman–Crippen MR) is 166 cm³/mol. The number of hydrogen-bond acceptors (Lipinski definition) is 10. The third-order valence-corrected chi connectivity index (χ3v) is 6.67. The van der Waals surface area contributed by atoms with E-state index in [1.807, 2.05) is 0 Å². The van der Waals surface area contributed by atoms with Gasteiger partial charge in [0.2, 0.25) is 17.7 Å². The first kappa shape index (κ1) is 35.3. The van der Waals surface area contributed by atoms with E-state index in [1.165, 1.54) is 36.8 Å². The summed E-state index contributed by atoms with van der Waals surface area (Å²) < 4.78 is 5.33. The summed E-state index contributed by atoms with van der Waals surface area (Å²) in [5.74, 6) is -2.40. The molecule has 0 spiro atoms. The monoisotopic (exact) mass is 637 g/mol. The minimum Gasteiger partial charge on any atom is -0.444 e. The number of imidazole rings is 1. The molecule has 0 aliphatic heterocycles. The van der Waals surface area contributed by atoms with Crippen molar-refractivity contribution in [2.45, 2.75) is 76.3 Å². The van der Waals surface area contributed by atoms with Crippen molar-refractivity contribution in [1.29, 1.82) is 0 Å². The molecule has 0 unspecified atom stereocenters. The van der Waals surface area contributed by atoms with Gasteiger partial charge in [0.05, 0.1) is 23.8 Å². The third-order valence-electron chi connectivity index (χ3n) is 6.67. The lowest BCUT2D eigenvalue weighted by atomic mass is 9.99. The number of H-pyrrole nitrogens is 1. The molecule has 4 atom stereocenters. The second kappa shape index (κ2) is 16.2. The molecule has 0 fully saturated rings. The van der Waals surface area contributed by atoms with Gasteiger partial charge in [-0.1, -0.05) is 42.5 Å². The summed E-state index contributed by atoms with van der Waals surface area (Å²) in [5, 5.41) is 28.8. The molecule has 0 bridgehead atoms. The van der Waals surface area contributed by atoms with Crippen molar-refractivity contribution in [1.82, 2.24) is 25.9 Å². The van der Waals surface area contributed by atoms with Crippen LogP contribution in [0.1, 0.15) is 44.0 Å². The summed E-state index contributed by atoms with van der Waals surface area (Å²) in [6.45, 7) is 5.04. The first-order chi connectivity index (χ1) is 21.7. The minimum atomic E-state index is -1.35. The molecule has 0 aliphatic rings. The fraction of sp³-hybridized carbons (Fsp3) is 0.387. The van der Waals surface area contributed by atoms with Gasteiger partial charge in [0, 0.05) is 42.9 Å². The van der Waals surface area contributed by atoms with Crippen LogP contribution in [-0.2, 0) is 38.4 Å². The number of aromatic amines is 1. The van der Waals surface area contributed by atoms with Crippen LogP contribution in [0.15, 0.2) is 67.1 Å². The number of hydrogen-bond donors (Lipinski definition) is 6. The molecule has 0 saturated carbocycles. The van der Waals surface area contributed by atoms with Crippen LogP contribution in [-0.4, -0.2) is 73.6 Å². The van der Waals surface area contributed by atoms with Gasteiger partial charge >= 0.3 is 6.09 Å². The van der Waals surface area contributed by atoms with Crippen LogP contribution in [0.25, 0.3) is 0 Å². The highest BCUT2D eigenvalue weighted by Gasteiger charge is 2.30. The Morgan fingerprint density at radius 1 is 0.957 bits per heavy atom. The molecular formula is C31H39N7O8. The molecule has 15 heteroatoms. The number of rotatable bonds is 14. The Morgan fingerprint density at radius 3 is 2.17 bits per heavy atom. The first-order valence-electron chi connectivity index (χ1n) is 14.5. The summed E-state index contributed by atoms with van der Waals surface area (Å²) in [7, 11) is 0. The maximum Gasteiger partial charge on any atom is 0.408 e. The van der Waals surface area contributed by atoms with Crippen molar-refractivity contribution in [3.63, 3.8) is 0 Å². The molecule has 1 heterocycles. The van der Waals surface area contributed by atoms with Gasteiger partial charge in [0.15, 0.2) is 0 Å². The van der Waals surface area contributed by atoms with Crippen LogP contribution in [0.5, 0.6) is 0 Å². The average Bonchev–Trinajstić information content (AvgIpc) is 3.49. The van der Waals surface area contributed by atoms with Gasteiger partial charge < -0.3 is 31.2 Å². The number of carbonyl (C=O) groups excluding carboxylic acids is 4. The molecule has 0 radical (unpaired) electrons. The molecule has 0 aliphatic carbocycles. The number of imide groups is 1. The van der Waals surface area contributed by atoms with Crippen LogP contribution < -0.4 is 21.7 Å². The second-order valence-electron chi connectivity index (χ2n) is 11.7. The summed E-state index contributed by atoms with van der Waals surface area (Å²) in [5.41, 5.74) is 6.97. The number of nitrogens with zero attached hydrogens (tertiary/aromatic N) is 2. The Bertz CT molecular complexity index is 1470. The standard InChI is InChI=1S/C31H39N7O8/c1-31(2,3)46-30(43)36-24(14-19-7-5-4-6-8-19)28(41)35-25(15-21-17-33-18-34-21)29(42)37-27(40)16-26(39)23(32)13-20-9-11-22(12-10-20)38(44)45/h4-12,17-18,23-26,39H,13-16,32H2,1-3H3,(H,33,34)(H,35,41)(H,36,43)(H,37,40,42)/t23-,24-,25-,26-/m0/s1. The molecule has 4 amide bonds. The Morgan fingerprint density at radius 2 is 1.59 bits per heavy atom. The van der Waals surface area contributed by atoms with Crippen LogP contribution in [0.2, 0.25) is 0 Å². The molecule has 15 nitrogen and oxygen atoms in total. The van der Waals surface area contributed by atoms with Crippen molar-refractivity contribution in [3.05, 3.63) is 94.1 Å². The average molecular weight is 638 g/mol. The second-order valence-corrected chi connectivity index (χ2v) is 11.7. The number of benzene rings is 2. The van der Waals surface area contributed by atoms with Crippen LogP contribution in [0.3, 0.4) is 0 Å². The number of nitrogens with one attached hydrogen (secondary N) is 4. The fourth-order valence-corrected chi connectivity index (χ4v) is 4.39. The number of aliphatic hydroxyl groups is 1. The van der Waals surface area contributed by atoms with E-state index in [9.17, 15) is 34.4 Å². The molecule has 7 N–H and O–H groups in total. The number of alkyl carbamates (subject to hydrolysis) is 1. The van der Waals surface area contributed by atoms with E-state index in [0.29, 0.717) is 11.3 Å². The summed E-state index contributed by atoms with van der Waals surface area (Å²) in [4.78, 5) is 69.2. The van der Waals surface area contributed by atoms with Crippen molar-refractivity contribution in [2.75, 3.05) is 0 Å². The Balaban J connectivity index is 1.68. The highest BCUT2D eigenvalue weighted by molar-refractivity contribution is 6.00. The molecule has 246 valence electrons. The summed E-state index contributed by atoms with van der Waals surface area (Å²) in [6.07, 6.45) is 0.273. The topological polar surface area (TPSA) is 232 Å². The van der Waals surface area contributed by atoms with Crippen molar-refractivity contribution >= 4 is 29.5 Å². The number of nitro benzene ring substituents is 1.